The van der Waals surface area contributed by atoms with Gasteiger partial charge < -0.3 is 11.5 Å². The molecule has 0 saturated heterocycles. The molecule has 0 unspecified atom stereocenters. The molecule has 14 heteroatoms. The van der Waals surface area contributed by atoms with Crippen LogP contribution >= 0.6 is 0 Å². The summed E-state index contributed by atoms with van der Waals surface area (Å²) in [5.74, 6) is -3.49. The monoisotopic (exact) mass is 538 g/mol. The molecule has 0 saturated carbocycles. The largest absolute Gasteiger partial charge is 0.350 e. The van der Waals surface area contributed by atoms with Crippen molar-refractivity contribution in [2.75, 3.05) is 9.80 Å². The van der Waals surface area contributed by atoms with Crippen molar-refractivity contribution in [3.63, 3.8) is 0 Å². The molecule has 40 heavy (non-hydrogen) atoms. The van der Waals surface area contributed by atoms with E-state index in [1.807, 2.05) is 10.9 Å². The van der Waals surface area contributed by atoms with Gasteiger partial charge in [0.2, 0.25) is 0 Å². The molecule has 14 nitrogen and oxygen atoms in total. The normalized spacial score (nSPS) is 15.7. The Morgan fingerprint density at radius 2 is 0.925 bits per heavy atom. The first kappa shape index (κ1) is 25.5. The number of imide groups is 2. The third-order valence-corrected chi connectivity index (χ3v) is 5.96. The van der Waals surface area contributed by atoms with E-state index in [0.29, 0.717) is 0 Å². The lowest BCUT2D eigenvalue weighted by molar-refractivity contribution is -0.112. The summed E-state index contributed by atoms with van der Waals surface area (Å²) in [7, 11) is 0. The third kappa shape index (κ3) is 4.20. The molecule has 0 atom stereocenters. The Morgan fingerprint density at radius 1 is 0.575 bits per heavy atom. The van der Waals surface area contributed by atoms with Gasteiger partial charge in [0.15, 0.2) is 11.4 Å². The Hall–Kier alpha value is -6.18. The lowest BCUT2D eigenvalue weighted by Crippen LogP contribution is -2.40. The number of carbonyl (C=O) groups is 6. The summed E-state index contributed by atoms with van der Waals surface area (Å²) >= 11 is 0. The van der Waals surface area contributed by atoms with Crippen molar-refractivity contribution in [2.45, 2.75) is 0 Å². The first-order valence-electron chi connectivity index (χ1n) is 11.5. The quantitative estimate of drug-likeness (QED) is 0.279. The van der Waals surface area contributed by atoms with Crippen LogP contribution in [0.2, 0.25) is 0 Å². The van der Waals surface area contributed by atoms with Crippen molar-refractivity contribution in [3.05, 3.63) is 95.1 Å². The van der Waals surface area contributed by atoms with Gasteiger partial charge in [-0.3, -0.25) is 19.2 Å². The van der Waals surface area contributed by atoms with E-state index in [2.05, 4.69) is 10.2 Å². The molecule has 2 aliphatic rings. The van der Waals surface area contributed by atoms with Crippen LogP contribution in [0.25, 0.3) is 0 Å². The smallest absolute Gasteiger partial charge is 0.332 e. The number of rotatable bonds is 4. The van der Waals surface area contributed by atoms with Gasteiger partial charge >= 0.3 is 12.1 Å². The Morgan fingerprint density at radius 3 is 1.30 bits per heavy atom. The molecule has 0 bridgehead atoms. The van der Waals surface area contributed by atoms with Crippen molar-refractivity contribution >= 4 is 58.5 Å². The average molecular weight is 538 g/mol. The lowest BCUT2D eigenvalue weighted by Gasteiger charge is -2.19. The maximum Gasteiger partial charge on any atom is 0.332 e. The molecular weight excluding hydrogens is 520 g/mol. The van der Waals surface area contributed by atoms with Crippen molar-refractivity contribution in [1.82, 2.24) is 10.9 Å². The van der Waals surface area contributed by atoms with Gasteiger partial charge in [-0.05, 0) is 24.3 Å². The van der Waals surface area contributed by atoms with Gasteiger partial charge in [-0.2, -0.15) is 10.2 Å². The fraction of sp³-hybridized carbons (Fsp3) is 0. The fourth-order valence-corrected chi connectivity index (χ4v) is 4.34. The highest BCUT2D eigenvalue weighted by atomic mass is 16.2. The Kier molecular flexibility index (Phi) is 6.33. The number of hydrogen-bond donors (Lipinski definition) is 4. The molecule has 0 aliphatic carbocycles. The molecule has 198 valence electrons. The van der Waals surface area contributed by atoms with Crippen LogP contribution in [0.1, 0.15) is 31.8 Å². The summed E-state index contributed by atoms with van der Waals surface area (Å²) in [6, 6.07) is 16.1. The van der Waals surface area contributed by atoms with Gasteiger partial charge in [-0.1, -0.05) is 48.5 Å². The second kappa shape index (κ2) is 9.94. The minimum absolute atomic E-state index is 0.166. The molecule has 3 aromatic rings. The number of nitrogens with one attached hydrogen (secondary N) is 2. The van der Waals surface area contributed by atoms with E-state index in [-0.39, 0.29) is 45.1 Å². The molecule has 8 amide bonds. The number of nitrogens with zero attached hydrogens (tertiary/aromatic N) is 4. The molecule has 2 aliphatic heterocycles. The van der Waals surface area contributed by atoms with E-state index < -0.39 is 35.7 Å². The number of fused-ring (bicyclic) bond motifs is 2. The number of anilines is 2. The van der Waals surface area contributed by atoms with Crippen LogP contribution < -0.4 is 32.1 Å². The molecule has 5 rings (SSSR count). The zero-order valence-corrected chi connectivity index (χ0v) is 20.3. The predicted octanol–water partition coefficient (Wildman–Crippen LogP) is 0.805. The van der Waals surface area contributed by atoms with Crippen LogP contribution in [-0.4, -0.2) is 47.1 Å². The first-order chi connectivity index (χ1) is 19.2. The van der Waals surface area contributed by atoms with Crippen LogP contribution in [0.4, 0.5) is 21.0 Å². The molecule has 0 radical (unpaired) electrons. The van der Waals surface area contributed by atoms with Crippen LogP contribution in [-0.2, 0) is 9.59 Å². The van der Waals surface area contributed by atoms with Gasteiger partial charge in [0.05, 0.1) is 22.5 Å². The van der Waals surface area contributed by atoms with E-state index >= 15 is 0 Å². The number of primary amides is 2. The summed E-state index contributed by atoms with van der Waals surface area (Å²) in [6.07, 6.45) is 0. The maximum atomic E-state index is 13.8. The van der Waals surface area contributed by atoms with E-state index in [4.69, 9.17) is 11.5 Å². The standard InChI is InChI=1S/C26H18N8O6/c27-25(39)31-29-19-15-9-3-5-11-17(15)33(23(19)37)21(35)13-7-1-2-8-14(13)22(36)34-18-12-6-4-10-16(18)20(24(34)38)30-32-26(28)40/h1-12H,(H3,27,31,39)(H3,28,32,40). The molecular formula is C26H18N8O6. The van der Waals surface area contributed by atoms with Gasteiger partial charge in [0, 0.05) is 11.1 Å². The number of benzene rings is 3. The number of carbonyl (C=O) groups excluding carboxylic acids is 6. The molecule has 6 N–H and O–H groups in total. The van der Waals surface area contributed by atoms with Crippen molar-refractivity contribution < 1.29 is 28.8 Å². The Balaban J connectivity index is 1.56. The predicted molar refractivity (Wildman–Crippen MR) is 141 cm³/mol. The van der Waals surface area contributed by atoms with Gasteiger partial charge in [0.25, 0.3) is 23.6 Å². The Bertz CT molecular complexity index is 1590. The zero-order chi connectivity index (χ0) is 28.6. The van der Waals surface area contributed by atoms with Gasteiger partial charge in [-0.25, -0.2) is 30.2 Å². The second-order valence-corrected chi connectivity index (χ2v) is 8.34. The van der Waals surface area contributed by atoms with Crippen molar-refractivity contribution in [3.8, 4) is 0 Å². The number of nitrogens with two attached hydrogens (primary N) is 2. The van der Waals surface area contributed by atoms with Gasteiger partial charge in [-0.15, -0.1) is 0 Å². The molecule has 2 heterocycles. The molecule has 0 fully saturated rings. The summed E-state index contributed by atoms with van der Waals surface area (Å²) in [6.45, 7) is 0. The average Bonchev–Trinajstić information content (AvgIpc) is 3.39. The van der Waals surface area contributed by atoms with E-state index in [9.17, 15) is 28.8 Å². The molecule has 0 spiro atoms. The fourth-order valence-electron chi connectivity index (χ4n) is 4.34. The zero-order valence-electron chi connectivity index (χ0n) is 20.3. The third-order valence-electron chi connectivity index (χ3n) is 5.96. The minimum atomic E-state index is -1.01. The lowest BCUT2D eigenvalue weighted by atomic mass is 10.0. The summed E-state index contributed by atoms with van der Waals surface area (Å²) in [4.78, 5) is 78.2. The summed E-state index contributed by atoms with van der Waals surface area (Å²) < 4.78 is 0. The number of urea groups is 2. The number of amides is 8. The van der Waals surface area contributed by atoms with Crippen molar-refractivity contribution in [1.29, 1.82) is 0 Å². The van der Waals surface area contributed by atoms with Crippen LogP contribution in [0.15, 0.2) is 83.0 Å². The van der Waals surface area contributed by atoms with Crippen LogP contribution in [0.5, 0.6) is 0 Å². The first-order valence-corrected chi connectivity index (χ1v) is 11.5. The SMILES string of the molecule is NC(=O)NN=C1C(=O)N(C(=O)c2ccccc2C(=O)N2C(=O)C(=NNC(N)=O)c3ccccc32)c2ccccc21. The number of hydrogen-bond acceptors (Lipinski definition) is 8. The second-order valence-electron chi connectivity index (χ2n) is 8.34. The summed E-state index contributed by atoms with van der Waals surface area (Å²) in [5.41, 5.74) is 14.1. The highest BCUT2D eigenvalue weighted by molar-refractivity contribution is 6.60. The van der Waals surface area contributed by atoms with E-state index in [0.717, 1.165) is 9.80 Å². The van der Waals surface area contributed by atoms with Gasteiger partial charge in [0.1, 0.15) is 0 Å². The minimum Gasteiger partial charge on any atom is -0.350 e. The van der Waals surface area contributed by atoms with Crippen molar-refractivity contribution in [2.24, 2.45) is 21.7 Å². The Labute approximate surface area is 224 Å². The van der Waals surface area contributed by atoms with E-state index in [1.54, 1.807) is 24.3 Å². The van der Waals surface area contributed by atoms with Crippen LogP contribution in [0, 0.1) is 0 Å². The molecule has 3 aromatic carbocycles. The highest BCUT2D eigenvalue weighted by Crippen LogP contribution is 2.33. The highest BCUT2D eigenvalue weighted by Gasteiger charge is 2.42. The number of para-hydroxylation sites is 2. The van der Waals surface area contributed by atoms with Crippen LogP contribution in [0.3, 0.4) is 0 Å². The maximum absolute atomic E-state index is 13.8. The summed E-state index contributed by atoms with van der Waals surface area (Å²) in [5, 5.41) is 7.48. The number of hydrazone groups is 2. The van der Waals surface area contributed by atoms with E-state index in [1.165, 1.54) is 48.5 Å². The topological polar surface area (TPSA) is 210 Å². The molecule has 0 aromatic heterocycles.